The largest absolute Gasteiger partial charge is 0.444 e. The third kappa shape index (κ3) is 3.48. The number of halogens is 1. The molecule has 0 unspecified atom stereocenters. The van der Waals surface area contributed by atoms with E-state index in [1.807, 2.05) is 0 Å². The van der Waals surface area contributed by atoms with Crippen molar-refractivity contribution >= 4 is 27.7 Å². The molecular formula is C10H14BrN3O3. The van der Waals surface area contributed by atoms with Gasteiger partial charge in [0.25, 0.3) is 5.91 Å². The molecule has 0 aliphatic rings. The van der Waals surface area contributed by atoms with Gasteiger partial charge in [0.1, 0.15) is 5.84 Å². The van der Waals surface area contributed by atoms with E-state index in [0.29, 0.717) is 4.67 Å². The van der Waals surface area contributed by atoms with Crippen LogP contribution in [0.3, 0.4) is 0 Å². The molecule has 0 spiro atoms. The molecule has 0 fully saturated rings. The van der Waals surface area contributed by atoms with E-state index in [1.54, 1.807) is 26.0 Å². The summed E-state index contributed by atoms with van der Waals surface area (Å²) in [6.45, 7) is 3.74. The zero-order valence-electron chi connectivity index (χ0n) is 9.53. The Labute approximate surface area is 107 Å². The summed E-state index contributed by atoms with van der Waals surface area (Å²) in [5, 5.41) is 14.2. The smallest absolute Gasteiger partial charge is 0.287 e. The third-order valence-corrected chi connectivity index (χ3v) is 2.72. The normalized spacial score (nSPS) is 12.5. The Morgan fingerprint density at radius 1 is 1.65 bits per heavy atom. The minimum Gasteiger partial charge on any atom is -0.444 e. The Morgan fingerprint density at radius 2 is 2.29 bits per heavy atom. The maximum absolute atomic E-state index is 11.6. The van der Waals surface area contributed by atoms with E-state index in [2.05, 4.69) is 26.4 Å². The van der Waals surface area contributed by atoms with E-state index in [9.17, 15) is 4.79 Å². The van der Waals surface area contributed by atoms with Gasteiger partial charge in [0, 0.05) is 12.0 Å². The molecule has 17 heavy (non-hydrogen) atoms. The lowest BCUT2D eigenvalue weighted by molar-refractivity contribution is 0.0915. The van der Waals surface area contributed by atoms with E-state index in [4.69, 9.17) is 15.4 Å². The summed E-state index contributed by atoms with van der Waals surface area (Å²) >= 11 is 3.11. The highest BCUT2D eigenvalue weighted by Gasteiger charge is 2.25. The monoisotopic (exact) mass is 303 g/mol. The highest BCUT2D eigenvalue weighted by atomic mass is 79.9. The van der Waals surface area contributed by atoms with Crippen molar-refractivity contribution in [3.8, 4) is 0 Å². The van der Waals surface area contributed by atoms with Gasteiger partial charge in [0.05, 0.1) is 0 Å². The molecule has 0 saturated heterocycles. The molecule has 0 atom stereocenters. The van der Waals surface area contributed by atoms with Gasteiger partial charge >= 0.3 is 0 Å². The van der Waals surface area contributed by atoms with Crippen molar-refractivity contribution in [2.45, 2.75) is 13.8 Å². The lowest BCUT2D eigenvalue weighted by atomic mass is 9.92. The van der Waals surface area contributed by atoms with Gasteiger partial charge in [-0.2, -0.15) is 0 Å². The van der Waals surface area contributed by atoms with Gasteiger partial charge < -0.3 is 20.7 Å². The molecule has 1 rings (SSSR count). The van der Waals surface area contributed by atoms with E-state index in [1.165, 1.54) is 0 Å². The highest BCUT2D eigenvalue weighted by molar-refractivity contribution is 9.10. The molecule has 6 nitrogen and oxygen atoms in total. The lowest BCUT2D eigenvalue weighted by Crippen LogP contribution is -2.42. The maximum Gasteiger partial charge on any atom is 0.287 e. The van der Waals surface area contributed by atoms with Gasteiger partial charge in [0.2, 0.25) is 0 Å². The average Bonchev–Trinajstić information content (AvgIpc) is 2.71. The minimum absolute atomic E-state index is 0.0541. The summed E-state index contributed by atoms with van der Waals surface area (Å²) in [5.41, 5.74) is 4.87. The lowest BCUT2D eigenvalue weighted by Gasteiger charge is -2.22. The first-order valence-corrected chi connectivity index (χ1v) is 5.67. The molecule has 4 N–H and O–H groups in total. The van der Waals surface area contributed by atoms with Crippen molar-refractivity contribution < 1.29 is 14.4 Å². The first-order chi connectivity index (χ1) is 7.86. The Bertz CT molecular complexity index is 440. The van der Waals surface area contributed by atoms with E-state index < -0.39 is 5.41 Å². The van der Waals surface area contributed by atoms with Crippen molar-refractivity contribution in [2.75, 3.05) is 6.54 Å². The molecule has 1 aromatic rings. The van der Waals surface area contributed by atoms with Crippen LogP contribution in [0.4, 0.5) is 0 Å². The van der Waals surface area contributed by atoms with Gasteiger partial charge in [-0.25, -0.2) is 0 Å². The van der Waals surface area contributed by atoms with Crippen LogP contribution < -0.4 is 11.1 Å². The molecule has 7 heteroatoms. The van der Waals surface area contributed by atoms with Crippen molar-refractivity contribution in [1.29, 1.82) is 0 Å². The van der Waals surface area contributed by atoms with Crippen LogP contribution >= 0.6 is 15.9 Å². The van der Waals surface area contributed by atoms with Gasteiger partial charge in [0.15, 0.2) is 10.4 Å². The highest BCUT2D eigenvalue weighted by Crippen LogP contribution is 2.16. The number of nitrogens with two attached hydrogens (primary N) is 1. The Balaban J connectivity index is 2.60. The predicted octanol–water partition coefficient (Wildman–Crippen LogP) is 1.54. The summed E-state index contributed by atoms with van der Waals surface area (Å²) in [7, 11) is 0. The Morgan fingerprint density at radius 3 is 2.76 bits per heavy atom. The predicted molar refractivity (Wildman–Crippen MR) is 65.9 cm³/mol. The van der Waals surface area contributed by atoms with Crippen LogP contribution in [0.25, 0.3) is 0 Å². The zero-order chi connectivity index (χ0) is 13.1. The first-order valence-electron chi connectivity index (χ1n) is 4.88. The number of amidine groups is 1. The second-order valence-corrected chi connectivity index (χ2v) is 4.94. The number of amides is 1. The van der Waals surface area contributed by atoms with Gasteiger partial charge in [-0.3, -0.25) is 4.79 Å². The molecule has 0 aliphatic carbocycles. The number of rotatable bonds is 4. The van der Waals surface area contributed by atoms with Crippen molar-refractivity contribution in [2.24, 2.45) is 16.3 Å². The number of hydrogen-bond acceptors (Lipinski definition) is 4. The Kier molecular flexibility index (Phi) is 4.17. The van der Waals surface area contributed by atoms with Gasteiger partial charge in [-0.05, 0) is 28.1 Å². The number of hydrogen-bond donors (Lipinski definition) is 3. The first kappa shape index (κ1) is 13.6. The quantitative estimate of drug-likeness (QED) is 0.340. The number of carbonyl (C=O) groups is 1. The van der Waals surface area contributed by atoms with Crippen molar-refractivity contribution in [3.63, 3.8) is 0 Å². The average molecular weight is 304 g/mol. The summed E-state index contributed by atoms with van der Waals surface area (Å²) < 4.78 is 5.58. The molecule has 0 aliphatic heterocycles. The van der Waals surface area contributed by atoms with Crippen molar-refractivity contribution in [1.82, 2.24) is 5.32 Å². The van der Waals surface area contributed by atoms with Crippen LogP contribution in [0.5, 0.6) is 0 Å². The third-order valence-electron chi connectivity index (χ3n) is 2.29. The van der Waals surface area contributed by atoms with E-state index in [0.717, 1.165) is 0 Å². The Hall–Kier alpha value is -1.50. The topological polar surface area (TPSA) is 101 Å². The molecule has 1 amide bonds. The standard InChI is InChI=1S/C10H14BrN3O3/c1-10(2,9(12)14-16)5-13-8(15)6-3-4-7(11)17-6/h3-4,16H,5H2,1-2H3,(H2,12,14)(H,13,15). The zero-order valence-corrected chi connectivity index (χ0v) is 11.1. The van der Waals surface area contributed by atoms with Crippen LogP contribution in [0.15, 0.2) is 26.4 Å². The minimum atomic E-state index is -0.631. The van der Waals surface area contributed by atoms with Gasteiger partial charge in [-0.15, -0.1) is 0 Å². The second-order valence-electron chi connectivity index (χ2n) is 4.16. The molecule has 0 bridgehead atoms. The summed E-state index contributed by atoms with van der Waals surface area (Å²) in [6.07, 6.45) is 0. The van der Waals surface area contributed by atoms with Crippen LogP contribution in [0, 0.1) is 5.41 Å². The maximum atomic E-state index is 11.6. The summed E-state index contributed by atoms with van der Waals surface area (Å²) in [4.78, 5) is 11.6. The van der Waals surface area contributed by atoms with Crippen LogP contribution in [-0.4, -0.2) is 23.5 Å². The molecule has 0 aromatic carbocycles. The van der Waals surface area contributed by atoms with Crippen LogP contribution in [-0.2, 0) is 0 Å². The fourth-order valence-electron chi connectivity index (χ4n) is 1.05. The van der Waals surface area contributed by atoms with E-state index >= 15 is 0 Å². The SMILES string of the molecule is CC(C)(CNC(=O)c1ccc(Br)o1)/C(N)=N/O. The van der Waals surface area contributed by atoms with Crippen molar-refractivity contribution in [3.05, 3.63) is 22.6 Å². The summed E-state index contributed by atoms with van der Waals surface area (Å²) in [5.74, 6) is -0.0971. The fourth-order valence-corrected chi connectivity index (χ4v) is 1.36. The number of furan rings is 1. The molecule has 1 heterocycles. The van der Waals surface area contributed by atoms with E-state index in [-0.39, 0.29) is 24.0 Å². The second kappa shape index (κ2) is 5.22. The van der Waals surface area contributed by atoms with Gasteiger partial charge in [-0.1, -0.05) is 19.0 Å². The molecular weight excluding hydrogens is 290 g/mol. The summed E-state index contributed by atoms with van der Waals surface area (Å²) in [6, 6.07) is 3.18. The number of carbonyl (C=O) groups excluding carboxylic acids is 1. The fraction of sp³-hybridized carbons (Fsp3) is 0.400. The number of oxime groups is 1. The molecule has 0 saturated carbocycles. The number of nitrogens with one attached hydrogen (secondary N) is 1. The molecule has 1 aromatic heterocycles. The van der Waals surface area contributed by atoms with Crippen LogP contribution in [0.1, 0.15) is 24.4 Å². The number of nitrogens with zero attached hydrogens (tertiary/aromatic N) is 1. The van der Waals surface area contributed by atoms with Crippen LogP contribution in [0.2, 0.25) is 0 Å². The molecule has 0 radical (unpaired) electrons. The molecule has 94 valence electrons.